The Hall–Kier alpha value is -1.96. The fraction of sp³-hybridized carbons (Fsp3) is 0.118. The van der Waals surface area contributed by atoms with Crippen LogP contribution in [0.2, 0.25) is 0 Å². The first-order valence-corrected chi connectivity index (χ1v) is 9.24. The summed E-state index contributed by atoms with van der Waals surface area (Å²) < 4.78 is 0.283. The average molecular weight is 375 g/mol. The first-order valence-electron chi connectivity index (χ1n) is 7.13. The van der Waals surface area contributed by atoms with E-state index in [0.29, 0.717) is 4.91 Å². The van der Waals surface area contributed by atoms with Gasteiger partial charge in [0.1, 0.15) is 10.4 Å². The molecule has 0 spiro atoms. The van der Waals surface area contributed by atoms with Crippen molar-refractivity contribution in [2.24, 2.45) is 0 Å². The first-order chi connectivity index (χ1) is 11.6. The third-order valence-electron chi connectivity index (χ3n) is 3.51. The van der Waals surface area contributed by atoms with Gasteiger partial charge in [0.25, 0.3) is 5.91 Å². The van der Waals surface area contributed by atoms with Crippen LogP contribution in [0.4, 0.5) is 0 Å². The molecule has 2 heterocycles. The van der Waals surface area contributed by atoms with E-state index < -0.39 is 12.0 Å². The Kier molecular flexibility index (Phi) is 5.13. The number of carbonyl (C=O) groups is 2. The van der Waals surface area contributed by atoms with Crippen LogP contribution in [0.25, 0.3) is 6.08 Å². The van der Waals surface area contributed by atoms with Crippen LogP contribution in [0, 0.1) is 0 Å². The lowest BCUT2D eigenvalue weighted by atomic mass is 10.0. The summed E-state index contributed by atoms with van der Waals surface area (Å²) in [4.78, 5) is 27.0. The molecule has 24 heavy (non-hydrogen) atoms. The molecule has 122 valence electrons. The van der Waals surface area contributed by atoms with Crippen LogP contribution in [-0.4, -0.2) is 32.2 Å². The minimum atomic E-state index is -1.06. The Morgan fingerprint density at radius 1 is 1.25 bits per heavy atom. The number of nitrogens with zero attached hydrogens (tertiary/aromatic N) is 1. The summed E-state index contributed by atoms with van der Waals surface area (Å²) in [6.07, 6.45) is 1.97. The van der Waals surface area contributed by atoms with E-state index in [2.05, 4.69) is 0 Å². The molecule has 2 aromatic rings. The first kappa shape index (κ1) is 16.9. The number of carboxylic acid groups (broad SMARTS) is 1. The number of hydrogen-bond donors (Lipinski definition) is 1. The maximum absolute atomic E-state index is 12.7. The minimum Gasteiger partial charge on any atom is -0.480 e. The zero-order valence-electron chi connectivity index (χ0n) is 12.4. The number of thiocarbonyl (C=S) groups is 1. The third-order valence-corrected chi connectivity index (χ3v) is 5.66. The SMILES string of the molecule is O=C(O)[C@@H](Cc1ccccc1)N1C(=O)/C(=C/c2cccs2)SC1=S. The van der Waals surface area contributed by atoms with Gasteiger partial charge in [-0.05, 0) is 23.1 Å². The number of benzene rings is 1. The van der Waals surface area contributed by atoms with Crippen LogP contribution >= 0.6 is 35.3 Å². The van der Waals surface area contributed by atoms with E-state index >= 15 is 0 Å². The molecular weight excluding hydrogens is 362 g/mol. The van der Waals surface area contributed by atoms with Gasteiger partial charge in [-0.1, -0.05) is 60.4 Å². The van der Waals surface area contributed by atoms with Gasteiger partial charge in [-0.25, -0.2) is 4.79 Å². The molecule has 1 atom stereocenters. The van der Waals surface area contributed by atoms with Crippen LogP contribution < -0.4 is 0 Å². The van der Waals surface area contributed by atoms with E-state index in [1.54, 1.807) is 6.08 Å². The molecule has 0 unspecified atom stereocenters. The second-order valence-electron chi connectivity index (χ2n) is 5.11. The van der Waals surface area contributed by atoms with E-state index in [9.17, 15) is 14.7 Å². The van der Waals surface area contributed by atoms with Crippen molar-refractivity contribution in [3.63, 3.8) is 0 Å². The molecule has 1 aliphatic rings. The zero-order chi connectivity index (χ0) is 17.1. The number of thiophene rings is 1. The smallest absolute Gasteiger partial charge is 0.327 e. The fourth-order valence-corrected chi connectivity index (χ4v) is 4.46. The summed E-state index contributed by atoms with van der Waals surface area (Å²) in [5, 5.41) is 11.5. The topological polar surface area (TPSA) is 57.6 Å². The lowest BCUT2D eigenvalue weighted by Gasteiger charge is -2.23. The van der Waals surface area contributed by atoms with E-state index in [0.717, 1.165) is 22.2 Å². The third kappa shape index (κ3) is 3.58. The number of aliphatic carboxylic acids is 1. The molecule has 1 saturated heterocycles. The Morgan fingerprint density at radius 3 is 2.62 bits per heavy atom. The van der Waals surface area contributed by atoms with E-state index in [1.165, 1.54) is 16.2 Å². The van der Waals surface area contributed by atoms with Crippen molar-refractivity contribution in [3.05, 3.63) is 63.2 Å². The van der Waals surface area contributed by atoms with Crippen molar-refractivity contribution in [3.8, 4) is 0 Å². The minimum absolute atomic E-state index is 0.217. The molecule has 1 aliphatic heterocycles. The van der Waals surface area contributed by atoms with E-state index in [1.807, 2.05) is 47.8 Å². The van der Waals surface area contributed by atoms with E-state index in [4.69, 9.17) is 12.2 Å². The van der Waals surface area contributed by atoms with Crippen LogP contribution in [0.3, 0.4) is 0 Å². The summed E-state index contributed by atoms with van der Waals surface area (Å²) in [5.41, 5.74) is 0.848. The Balaban J connectivity index is 1.87. The lowest BCUT2D eigenvalue weighted by molar-refractivity contribution is -0.145. The van der Waals surface area contributed by atoms with Gasteiger partial charge in [-0.2, -0.15) is 0 Å². The molecule has 1 aromatic heterocycles. The van der Waals surface area contributed by atoms with Gasteiger partial charge in [-0.3, -0.25) is 9.69 Å². The van der Waals surface area contributed by atoms with Gasteiger partial charge in [-0.15, -0.1) is 11.3 Å². The maximum atomic E-state index is 12.7. The number of carboxylic acids is 1. The highest BCUT2D eigenvalue weighted by molar-refractivity contribution is 8.26. The predicted molar refractivity (Wildman–Crippen MR) is 101 cm³/mol. The van der Waals surface area contributed by atoms with Crippen LogP contribution in [-0.2, 0) is 16.0 Å². The lowest BCUT2D eigenvalue weighted by Crippen LogP contribution is -2.45. The van der Waals surface area contributed by atoms with Gasteiger partial charge in [0.2, 0.25) is 0 Å². The van der Waals surface area contributed by atoms with Gasteiger partial charge in [0, 0.05) is 11.3 Å². The summed E-state index contributed by atoms with van der Waals surface area (Å²) >= 11 is 7.93. The molecule has 1 fully saturated rings. The highest BCUT2D eigenvalue weighted by atomic mass is 32.2. The molecule has 7 heteroatoms. The molecule has 0 aliphatic carbocycles. The highest BCUT2D eigenvalue weighted by Gasteiger charge is 2.40. The van der Waals surface area contributed by atoms with Gasteiger partial charge in [0.15, 0.2) is 0 Å². The number of rotatable bonds is 5. The van der Waals surface area contributed by atoms with Crippen molar-refractivity contribution in [2.75, 3.05) is 0 Å². The second kappa shape index (κ2) is 7.29. The maximum Gasteiger partial charge on any atom is 0.327 e. The van der Waals surface area contributed by atoms with Crippen LogP contribution in [0.5, 0.6) is 0 Å². The summed E-state index contributed by atoms with van der Waals surface area (Å²) in [6.45, 7) is 0. The normalized spacial score (nSPS) is 17.5. The van der Waals surface area contributed by atoms with Crippen molar-refractivity contribution in [1.82, 2.24) is 4.90 Å². The Morgan fingerprint density at radius 2 is 2.00 bits per heavy atom. The molecular formula is C17H13NO3S3. The zero-order valence-corrected chi connectivity index (χ0v) is 14.9. The largest absolute Gasteiger partial charge is 0.480 e. The predicted octanol–water partition coefficient (Wildman–Crippen LogP) is 3.65. The van der Waals surface area contributed by atoms with Crippen molar-refractivity contribution in [1.29, 1.82) is 0 Å². The standard InChI is InChI=1S/C17H13NO3S3/c19-15-14(10-12-7-4-8-23-12)24-17(22)18(15)13(16(20)21)9-11-5-2-1-3-6-11/h1-8,10,13H,9H2,(H,20,21)/b14-10-/t13-/m1/s1. The van der Waals surface area contributed by atoms with E-state index in [-0.39, 0.29) is 16.6 Å². The Bertz CT molecular complexity index is 800. The average Bonchev–Trinajstić information content (AvgIpc) is 3.16. The van der Waals surface area contributed by atoms with Crippen molar-refractivity contribution >= 4 is 57.6 Å². The number of thioether (sulfide) groups is 1. The number of carbonyl (C=O) groups excluding carboxylic acids is 1. The molecule has 4 nitrogen and oxygen atoms in total. The molecule has 1 aromatic carbocycles. The molecule has 1 N–H and O–H groups in total. The summed E-state index contributed by atoms with van der Waals surface area (Å²) in [6, 6.07) is 12.0. The van der Waals surface area contributed by atoms with Crippen molar-refractivity contribution in [2.45, 2.75) is 12.5 Å². The highest BCUT2D eigenvalue weighted by Crippen LogP contribution is 2.35. The second-order valence-corrected chi connectivity index (χ2v) is 7.77. The molecule has 0 bridgehead atoms. The molecule has 1 amide bonds. The molecule has 0 radical (unpaired) electrons. The molecule has 3 rings (SSSR count). The number of hydrogen-bond acceptors (Lipinski definition) is 5. The molecule has 0 saturated carbocycles. The van der Waals surface area contributed by atoms with Crippen LogP contribution in [0.1, 0.15) is 10.4 Å². The van der Waals surface area contributed by atoms with Gasteiger partial charge < -0.3 is 5.11 Å². The van der Waals surface area contributed by atoms with Crippen molar-refractivity contribution < 1.29 is 14.7 Å². The summed E-state index contributed by atoms with van der Waals surface area (Å²) in [7, 11) is 0. The monoisotopic (exact) mass is 375 g/mol. The fourth-order valence-electron chi connectivity index (χ4n) is 2.38. The van der Waals surface area contributed by atoms with Gasteiger partial charge >= 0.3 is 5.97 Å². The van der Waals surface area contributed by atoms with Crippen LogP contribution in [0.15, 0.2) is 52.7 Å². The number of amides is 1. The Labute approximate surface area is 152 Å². The quantitative estimate of drug-likeness (QED) is 0.639. The summed E-state index contributed by atoms with van der Waals surface area (Å²) in [5.74, 6) is -1.41. The van der Waals surface area contributed by atoms with Gasteiger partial charge in [0.05, 0.1) is 4.91 Å².